The van der Waals surface area contributed by atoms with Gasteiger partial charge in [-0.2, -0.15) is 0 Å². The van der Waals surface area contributed by atoms with Gasteiger partial charge in [0.1, 0.15) is 18.4 Å². The molecule has 0 aliphatic carbocycles. The zero-order chi connectivity index (χ0) is 14.2. The van der Waals surface area contributed by atoms with Gasteiger partial charge in [-0.25, -0.2) is 15.0 Å². The number of nitrogens with zero attached hydrogens (tertiary/aromatic N) is 5. The van der Waals surface area contributed by atoms with Crippen molar-refractivity contribution in [2.24, 2.45) is 11.8 Å². The number of oxazole rings is 1. The first-order valence-electron chi connectivity index (χ1n) is 7.42. The first-order chi connectivity index (χ1) is 10.3. The van der Waals surface area contributed by atoms with Gasteiger partial charge in [0.25, 0.3) is 0 Å². The SMILES string of the molecule is Cc1cncnc1N1CC2CN(Cc3ncco3)CC2C1. The van der Waals surface area contributed by atoms with Crippen molar-refractivity contribution in [3.05, 3.63) is 36.4 Å². The van der Waals surface area contributed by atoms with Crippen LogP contribution < -0.4 is 4.90 Å². The van der Waals surface area contributed by atoms with Crippen LogP contribution in [0.15, 0.2) is 29.4 Å². The molecule has 2 aliphatic rings. The first-order valence-corrected chi connectivity index (χ1v) is 7.42. The summed E-state index contributed by atoms with van der Waals surface area (Å²) in [6.07, 6.45) is 6.90. The van der Waals surface area contributed by atoms with Gasteiger partial charge < -0.3 is 9.32 Å². The van der Waals surface area contributed by atoms with E-state index in [9.17, 15) is 0 Å². The van der Waals surface area contributed by atoms with Crippen LogP contribution in [0.5, 0.6) is 0 Å². The molecule has 6 nitrogen and oxygen atoms in total. The van der Waals surface area contributed by atoms with Crippen LogP contribution in [0.1, 0.15) is 11.5 Å². The van der Waals surface area contributed by atoms with Crippen LogP contribution in [0.25, 0.3) is 0 Å². The molecular weight excluding hydrogens is 266 g/mol. The van der Waals surface area contributed by atoms with Gasteiger partial charge in [0.15, 0.2) is 0 Å². The van der Waals surface area contributed by atoms with Crippen molar-refractivity contribution in [1.82, 2.24) is 19.9 Å². The molecule has 2 fully saturated rings. The first kappa shape index (κ1) is 12.8. The second kappa shape index (κ2) is 5.11. The zero-order valence-corrected chi connectivity index (χ0v) is 12.1. The second-order valence-electron chi connectivity index (χ2n) is 6.07. The number of rotatable bonds is 3. The minimum Gasteiger partial charge on any atom is -0.448 e. The maximum atomic E-state index is 5.34. The van der Waals surface area contributed by atoms with Crippen molar-refractivity contribution in [3.63, 3.8) is 0 Å². The summed E-state index contributed by atoms with van der Waals surface area (Å²) in [5, 5.41) is 0. The number of aryl methyl sites for hydroxylation is 1. The normalized spacial score (nSPS) is 25.5. The molecular formula is C15H19N5O. The molecule has 110 valence electrons. The van der Waals surface area contributed by atoms with Crippen molar-refractivity contribution in [1.29, 1.82) is 0 Å². The smallest absolute Gasteiger partial charge is 0.208 e. The second-order valence-corrected chi connectivity index (χ2v) is 6.07. The highest BCUT2D eigenvalue weighted by molar-refractivity contribution is 5.46. The van der Waals surface area contributed by atoms with Crippen LogP contribution in [0.2, 0.25) is 0 Å². The van der Waals surface area contributed by atoms with E-state index in [0.29, 0.717) is 11.8 Å². The van der Waals surface area contributed by atoms with E-state index in [0.717, 1.165) is 50.0 Å². The molecule has 0 N–H and O–H groups in total. The van der Waals surface area contributed by atoms with Gasteiger partial charge in [0.05, 0.1) is 12.7 Å². The molecule has 4 rings (SSSR count). The average molecular weight is 285 g/mol. The average Bonchev–Trinajstić information content (AvgIpc) is 3.15. The van der Waals surface area contributed by atoms with Crippen LogP contribution in [-0.2, 0) is 6.54 Å². The highest BCUT2D eigenvalue weighted by Gasteiger charge is 2.40. The molecule has 2 unspecified atom stereocenters. The van der Waals surface area contributed by atoms with Gasteiger partial charge in [0.2, 0.25) is 5.89 Å². The summed E-state index contributed by atoms with van der Waals surface area (Å²) in [4.78, 5) is 17.6. The standard InChI is InChI=1S/C15H19N5O/c1-11-4-16-10-18-15(11)20-7-12-5-19(6-13(12)8-20)9-14-17-2-3-21-14/h2-4,10,12-13H,5-9H2,1H3. The van der Waals surface area contributed by atoms with Crippen LogP contribution >= 0.6 is 0 Å². The molecule has 2 aromatic rings. The van der Waals surface area contributed by atoms with E-state index in [2.05, 4.69) is 31.7 Å². The lowest BCUT2D eigenvalue weighted by atomic mass is 10.0. The van der Waals surface area contributed by atoms with Gasteiger partial charge in [-0.05, 0) is 18.8 Å². The predicted octanol–water partition coefficient (Wildman–Crippen LogP) is 1.34. The van der Waals surface area contributed by atoms with Crippen LogP contribution in [0, 0.1) is 18.8 Å². The lowest BCUT2D eigenvalue weighted by Gasteiger charge is -2.22. The maximum absolute atomic E-state index is 5.34. The summed E-state index contributed by atoms with van der Waals surface area (Å²) in [6.45, 7) is 7.32. The van der Waals surface area contributed by atoms with Crippen LogP contribution in [0.3, 0.4) is 0 Å². The molecule has 2 aromatic heterocycles. The number of aromatic nitrogens is 3. The minimum absolute atomic E-state index is 0.717. The van der Waals surface area contributed by atoms with E-state index < -0.39 is 0 Å². The van der Waals surface area contributed by atoms with Gasteiger partial charge >= 0.3 is 0 Å². The lowest BCUT2D eigenvalue weighted by molar-refractivity contribution is 0.274. The minimum atomic E-state index is 0.717. The molecule has 4 heterocycles. The quantitative estimate of drug-likeness (QED) is 0.848. The van der Waals surface area contributed by atoms with E-state index in [1.165, 1.54) is 0 Å². The number of hydrogen-bond acceptors (Lipinski definition) is 6. The Kier molecular flexibility index (Phi) is 3.11. The van der Waals surface area contributed by atoms with Gasteiger partial charge in [-0.1, -0.05) is 0 Å². The van der Waals surface area contributed by atoms with Gasteiger partial charge in [-0.15, -0.1) is 0 Å². The summed E-state index contributed by atoms with van der Waals surface area (Å²) in [5.74, 6) is 3.35. The molecule has 2 aliphatic heterocycles. The summed E-state index contributed by atoms with van der Waals surface area (Å²) in [5.41, 5.74) is 1.16. The molecule has 0 spiro atoms. The molecule has 0 aromatic carbocycles. The van der Waals surface area contributed by atoms with Crippen molar-refractivity contribution in [2.45, 2.75) is 13.5 Å². The number of likely N-dealkylation sites (tertiary alicyclic amines) is 1. The molecule has 0 radical (unpaired) electrons. The van der Waals surface area contributed by atoms with Gasteiger partial charge in [0, 0.05) is 37.9 Å². The topological polar surface area (TPSA) is 58.3 Å². The highest BCUT2D eigenvalue weighted by Crippen LogP contribution is 2.34. The monoisotopic (exact) mass is 285 g/mol. The summed E-state index contributed by atoms with van der Waals surface area (Å²) >= 11 is 0. The predicted molar refractivity (Wildman–Crippen MR) is 77.7 cm³/mol. The molecule has 0 amide bonds. The highest BCUT2D eigenvalue weighted by atomic mass is 16.3. The van der Waals surface area contributed by atoms with Gasteiger partial charge in [-0.3, -0.25) is 4.90 Å². The van der Waals surface area contributed by atoms with Crippen LogP contribution in [-0.4, -0.2) is 46.0 Å². The largest absolute Gasteiger partial charge is 0.448 e. The van der Waals surface area contributed by atoms with E-state index in [-0.39, 0.29) is 0 Å². The summed E-state index contributed by atoms with van der Waals surface area (Å²) in [6, 6.07) is 0. The molecule has 21 heavy (non-hydrogen) atoms. The Balaban J connectivity index is 1.40. The molecule has 6 heteroatoms. The fourth-order valence-corrected chi connectivity index (χ4v) is 3.64. The Labute approximate surface area is 123 Å². The Morgan fingerprint density at radius 3 is 2.67 bits per heavy atom. The van der Waals surface area contributed by atoms with E-state index in [4.69, 9.17) is 4.42 Å². The van der Waals surface area contributed by atoms with Crippen LogP contribution in [0.4, 0.5) is 5.82 Å². The molecule has 0 saturated carbocycles. The molecule has 0 bridgehead atoms. The third-order valence-corrected chi connectivity index (χ3v) is 4.57. The Morgan fingerprint density at radius 2 is 2.00 bits per heavy atom. The van der Waals surface area contributed by atoms with E-state index >= 15 is 0 Å². The molecule has 2 saturated heterocycles. The van der Waals surface area contributed by atoms with Crippen molar-refractivity contribution in [3.8, 4) is 0 Å². The number of anilines is 1. The fourth-order valence-electron chi connectivity index (χ4n) is 3.64. The Morgan fingerprint density at radius 1 is 1.19 bits per heavy atom. The maximum Gasteiger partial charge on any atom is 0.208 e. The third-order valence-electron chi connectivity index (χ3n) is 4.57. The fraction of sp³-hybridized carbons (Fsp3) is 0.533. The Bertz CT molecular complexity index is 600. The Hall–Kier alpha value is -1.95. The third kappa shape index (κ3) is 2.40. The van der Waals surface area contributed by atoms with Crippen molar-refractivity contribution >= 4 is 5.82 Å². The number of hydrogen-bond donors (Lipinski definition) is 0. The molecule has 2 atom stereocenters. The zero-order valence-electron chi connectivity index (χ0n) is 12.1. The lowest BCUT2D eigenvalue weighted by Crippen LogP contribution is -2.29. The van der Waals surface area contributed by atoms with Crippen molar-refractivity contribution < 1.29 is 4.42 Å². The van der Waals surface area contributed by atoms with E-state index in [1.54, 1.807) is 18.8 Å². The summed E-state index contributed by atoms with van der Waals surface area (Å²) < 4.78 is 5.34. The van der Waals surface area contributed by atoms with Crippen molar-refractivity contribution in [2.75, 3.05) is 31.1 Å². The van der Waals surface area contributed by atoms with E-state index in [1.807, 2.05) is 6.20 Å². The number of fused-ring (bicyclic) bond motifs is 1. The summed E-state index contributed by atoms with van der Waals surface area (Å²) in [7, 11) is 0.